The van der Waals surface area contributed by atoms with Gasteiger partial charge in [0.05, 0.1) is 12.2 Å². The molecule has 0 N–H and O–H groups in total. The highest BCUT2D eigenvalue weighted by Gasteiger charge is 2.40. The minimum Gasteiger partial charge on any atom is -0.491 e. The van der Waals surface area contributed by atoms with Gasteiger partial charge in [-0.25, -0.2) is 4.39 Å². The van der Waals surface area contributed by atoms with Crippen molar-refractivity contribution in [2.75, 3.05) is 20.3 Å². The summed E-state index contributed by atoms with van der Waals surface area (Å²) in [6, 6.07) is 2.61. The van der Waals surface area contributed by atoms with Gasteiger partial charge in [-0.3, -0.25) is 4.79 Å². The molecule has 0 saturated carbocycles. The highest BCUT2D eigenvalue weighted by Crippen LogP contribution is 2.25. The first-order valence-electron chi connectivity index (χ1n) is 4.89. The first kappa shape index (κ1) is 14.4. The van der Waals surface area contributed by atoms with E-state index in [4.69, 9.17) is 4.74 Å². The number of Topliss-reactive ketones (excluding diaryl/α,β-unsaturated/α-hetero) is 1. The van der Waals surface area contributed by atoms with Gasteiger partial charge in [-0.05, 0) is 18.2 Å². The van der Waals surface area contributed by atoms with Gasteiger partial charge in [-0.15, -0.1) is 0 Å². The summed E-state index contributed by atoms with van der Waals surface area (Å²) in [5.41, 5.74) is -1.06. The fourth-order valence-electron chi connectivity index (χ4n) is 1.16. The fourth-order valence-corrected chi connectivity index (χ4v) is 1.16. The maximum atomic E-state index is 13.1. The van der Waals surface area contributed by atoms with Crippen LogP contribution in [-0.2, 0) is 4.74 Å². The summed E-state index contributed by atoms with van der Waals surface area (Å²) < 4.78 is 59.3. The summed E-state index contributed by atoms with van der Waals surface area (Å²) >= 11 is 0. The van der Waals surface area contributed by atoms with E-state index < -0.39 is 23.3 Å². The lowest BCUT2D eigenvalue weighted by molar-refractivity contribution is -0.0887. The lowest BCUT2D eigenvalue weighted by Crippen LogP contribution is -2.23. The number of ketones is 1. The number of rotatable bonds is 5. The van der Waals surface area contributed by atoms with Gasteiger partial charge >= 0.3 is 6.18 Å². The third-order valence-electron chi connectivity index (χ3n) is 2.00. The first-order valence-corrected chi connectivity index (χ1v) is 4.89. The summed E-state index contributed by atoms with van der Waals surface area (Å²) in [7, 11) is 1.42. The molecule has 0 spiro atoms. The van der Waals surface area contributed by atoms with E-state index in [1.165, 1.54) is 7.11 Å². The lowest BCUT2D eigenvalue weighted by atomic mass is 10.1. The number of benzene rings is 1. The molecule has 100 valence electrons. The highest BCUT2D eigenvalue weighted by molar-refractivity contribution is 6.00. The molecule has 0 aliphatic heterocycles. The van der Waals surface area contributed by atoms with Crippen molar-refractivity contribution in [2.24, 2.45) is 0 Å². The molecule has 0 aliphatic carbocycles. The van der Waals surface area contributed by atoms with Crippen LogP contribution >= 0.6 is 0 Å². The molecule has 18 heavy (non-hydrogen) atoms. The number of hydrogen-bond acceptors (Lipinski definition) is 3. The molecule has 1 aromatic carbocycles. The number of halogens is 4. The second-order valence-electron chi connectivity index (χ2n) is 3.31. The van der Waals surface area contributed by atoms with Gasteiger partial charge in [0.25, 0.3) is 5.78 Å². The molecule has 0 saturated heterocycles. The van der Waals surface area contributed by atoms with Crippen molar-refractivity contribution < 1.29 is 31.8 Å². The van der Waals surface area contributed by atoms with Crippen molar-refractivity contribution in [3.05, 3.63) is 29.6 Å². The van der Waals surface area contributed by atoms with Crippen LogP contribution in [0, 0.1) is 5.82 Å². The maximum absolute atomic E-state index is 13.1. The molecule has 1 aromatic rings. The number of alkyl halides is 3. The predicted octanol–water partition coefficient (Wildman–Crippen LogP) is 2.60. The van der Waals surface area contributed by atoms with Gasteiger partial charge in [-0.2, -0.15) is 13.2 Å². The molecule has 0 amide bonds. The van der Waals surface area contributed by atoms with Crippen LogP contribution in [-0.4, -0.2) is 32.3 Å². The molecule has 3 nitrogen and oxygen atoms in total. The fraction of sp³-hybridized carbons (Fsp3) is 0.364. The van der Waals surface area contributed by atoms with Gasteiger partial charge in [0.2, 0.25) is 0 Å². The molecule has 7 heteroatoms. The van der Waals surface area contributed by atoms with E-state index in [0.717, 1.165) is 18.2 Å². The second kappa shape index (κ2) is 5.81. The largest absolute Gasteiger partial charge is 0.491 e. The van der Waals surface area contributed by atoms with E-state index >= 15 is 0 Å². The van der Waals surface area contributed by atoms with Crippen LogP contribution in [0.2, 0.25) is 0 Å². The topological polar surface area (TPSA) is 35.5 Å². The van der Waals surface area contributed by atoms with E-state index in [-0.39, 0.29) is 19.0 Å². The summed E-state index contributed by atoms with van der Waals surface area (Å²) in [6.07, 6.45) is -5.12. The number of hydrogen-bond donors (Lipinski definition) is 0. The summed E-state index contributed by atoms with van der Waals surface area (Å²) in [4.78, 5) is 10.9. The molecular weight excluding hydrogens is 256 g/mol. The Labute approximate surface area is 100 Å². The number of carbonyl (C=O) groups is 1. The molecule has 0 heterocycles. The average Bonchev–Trinajstić information content (AvgIpc) is 2.29. The Balaban J connectivity index is 2.91. The van der Waals surface area contributed by atoms with Crippen molar-refractivity contribution in [3.8, 4) is 5.75 Å². The van der Waals surface area contributed by atoms with Crippen molar-refractivity contribution >= 4 is 5.78 Å². The third-order valence-corrected chi connectivity index (χ3v) is 2.00. The van der Waals surface area contributed by atoms with Gasteiger partial charge in [0.1, 0.15) is 18.2 Å². The van der Waals surface area contributed by atoms with Crippen molar-refractivity contribution in [1.82, 2.24) is 0 Å². The predicted molar refractivity (Wildman–Crippen MR) is 54.2 cm³/mol. The number of ether oxygens (including phenoxy) is 2. The third kappa shape index (κ3) is 3.69. The Kier molecular flexibility index (Phi) is 4.66. The van der Waals surface area contributed by atoms with Gasteiger partial charge in [-0.1, -0.05) is 0 Å². The average molecular weight is 266 g/mol. The van der Waals surface area contributed by atoms with Crippen LogP contribution in [0.5, 0.6) is 5.75 Å². The zero-order valence-corrected chi connectivity index (χ0v) is 9.38. The van der Waals surface area contributed by atoms with Gasteiger partial charge in [0, 0.05) is 7.11 Å². The van der Waals surface area contributed by atoms with Crippen LogP contribution in [0.25, 0.3) is 0 Å². The second-order valence-corrected chi connectivity index (χ2v) is 3.31. The smallest absolute Gasteiger partial charge is 0.454 e. The number of carbonyl (C=O) groups excluding carboxylic acids is 1. The zero-order valence-electron chi connectivity index (χ0n) is 9.38. The van der Waals surface area contributed by atoms with E-state index in [9.17, 15) is 22.4 Å². The first-order chi connectivity index (χ1) is 8.36. The number of methoxy groups -OCH3 is 1. The molecule has 0 fully saturated rings. The van der Waals surface area contributed by atoms with Crippen LogP contribution < -0.4 is 4.74 Å². The summed E-state index contributed by atoms with van der Waals surface area (Å²) in [5, 5.41) is 0. The standard InChI is InChI=1S/C11H10F4O3/c1-17-4-5-18-7-2-3-9(12)8(6-7)10(16)11(13,14)15/h2-3,6H,4-5H2,1H3. The quantitative estimate of drug-likeness (QED) is 0.467. The van der Waals surface area contributed by atoms with E-state index in [0.29, 0.717) is 0 Å². The summed E-state index contributed by atoms with van der Waals surface area (Å²) in [6.45, 7) is 0.307. The van der Waals surface area contributed by atoms with Crippen LogP contribution in [0.4, 0.5) is 17.6 Å². The zero-order chi connectivity index (χ0) is 13.8. The Morgan fingerprint density at radius 3 is 2.50 bits per heavy atom. The van der Waals surface area contributed by atoms with E-state index in [1.807, 2.05) is 0 Å². The van der Waals surface area contributed by atoms with Crippen LogP contribution in [0.3, 0.4) is 0 Å². The minimum atomic E-state index is -5.12. The van der Waals surface area contributed by atoms with Gasteiger partial charge in [0.15, 0.2) is 0 Å². The Morgan fingerprint density at radius 2 is 1.94 bits per heavy atom. The Bertz CT molecular complexity index is 429. The SMILES string of the molecule is COCCOc1ccc(F)c(C(=O)C(F)(F)F)c1. The minimum absolute atomic E-state index is 0.0268. The molecule has 0 aromatic heterocycles. The van der Waals surface area contributed by atoms with Crippen molar-refractivity contribution in [3.63, 3.8) is 0 Å². The molecular formula is C11H10F4O3. The summed E-state index contributed by atoms with van der Waals surface area (Å²) in [5.74, 6) is -3.50. The molecule has 0 atom stereocenters. The molecule has 0 bridgehead atoms. The van der Waals surface area contributed by atoms with Crippen LogP contribution in [0.15, 0.2) is 18.2 Å². The van der Waals surface area contributed by atoms with E-state index in [2.05, 4.69) is 4.74 Å². The van der Waals surface area contributed by atoms with Crippen LogP contribution in [0.1, 0.15) is 10.4 Å². The monoisotopic (exact) mass is 266 g/mol. The lowest BCUT2D eigenvalue weighted by Gasteiger charge is -2.09. The van der Waals surface area contributed by atoms with Crippen molar-refractivity contribution in [2.45, 2.75) is 6.18 Å². The molecule has 0 radical (unpaired) electrons. The Morgan fingerprint density at radius 1 is 1.28 bits per heavy atom. The van der Waals surface area contributed by atoms with E-state index in [1.54, 1.807) is 0 Å². The normalized spacial score (nSPS) is 11.4. The van der Waals surface area contributed by atoms with Gasteiger partial charge < -0.3 is 9.47 Å². The van der Waals surface area contributed by atoms with Crippen molar-refractivity contribution in [1.29, 1.82) is 0 Å². The Hall–Kier alpha value is -1.63. The highest BCUT2D eigenvalue weighted by atomic mass is 19.4. The molecule has 0 aliphatic rings. The maximum Gasteiger partial charge on any atom is 0.454 e. The molecule has 0 unspecified atom stereocenters. The molecule has 1 rings (SSSR count).